The molecule has 2 bridgehead atoms. The normalized spacial score (nSPS) is 27.1. The molecule has 0 aliphatic heterocycles. The topological polar surface area (TPSA) is 50.3 Å². The van der Waals surface area contributed by atoms with E-state index in [2.05, 4.69) is 27.2 Å². The lowest BCUT2D eigenvalue weighted by Gasteiger charge is -2.28. The van der Waals surface area contributed by atoms with Gasteiger partial charge in [0.1, 0.15) is 18.2 Å². The minimum absolute atomic E-state index is 0.449. The van der Waals surface area contributed by atoms with E-state index in [0.29, 0.717) is 6.61 Å². The van der Waals surface area contributed by atoms with Crippen LogP contribution >= 0.6 is 0 Å². The fraction of sp³-hybridized carbons (Fsp3) is 0.750. The Bertz CT molecular complexity index is 493. The Hall–Kier alpha value is -1.36. The summed E-state index contributed by atoms with van der Waals surface area (Å²) < 4.78 is 5.16. The fourth-order valence-electron chi connectivity index (χ4n) is 4.05. The molecule has 2 aliphatic rings. The highest BCUT2D eigenvalue weighted by Crippen LogP contribution is 2.48. The first-order valence-electron chi connectivity index (χ1n) is 7.95. The van der Waals surface area contributed by atoms with Crippen molar-refractivity contribution in [3.05, 3.63) is 11.9 Å². The van der Waals surface area contributed by atoms with Crippen molar-refractivity contribution in [3.63, 3.8) is 0 Å². The van der Waals surface area contributed by atoms with Gasteiger partial charge >= 0.3 is 0 Å². The predicted octanol–water partition coefficient (Wildman–Crippen LogP) is 2.54. The molecule has 2 saturated carbocycles. The van der Waals surface area contributed by atoms with Crippen LogP contribution in [0.25, 0.3) is 0 Å². The Kier molecular flexibility index (Phi) is 4.29. The van der Waals surface area contributed by atoms with E-state index in [0.717, 1.165) is 41.8 Å². The van der Waals surface area contributed by atoms with Gasteiger partial charge in [0.05, 0.1) is 0 Å². The van der Waals surface area contributed by atoms with Crippen molar-refractivity contribution in [2.24, 2.45) is 17.8 Å². The van der Waals surface area contributed by atoms with Crippen LogP contribution in [0.4, 0.5) is 11.6 Å². The van der Waals surface area contributed by atoms with Gasteiger partial charge in [-0.15, -0.1) is 0 Å². The largest absolute Gasteiger partial charge is 0.377 e. The number of methoxy groups -OCH3 is 1. The van der Waals surface area contributed by atoms with Gasteiger partial charge in [-0.2, -0.15) is 0 Å². The molecule has 3 unspecified atom stereocenters. The summed E-state index contributed by atoms with van der Waals surface area (Å²) in [7, 11) is 5.71. The van der Waals surface area contributed by atoms with Crippen molar-refractivity contribution in [1.82, 2.24) is 9.97 Å². The van der Waals surface area contributed by atoms with Gasteiger partial charge in [0.2, 0.25) is 0 Å². The highest BCUT2D eigenvalue weighted by Gasteiger charge is 2.39. The second kappa shape index (κ2) is 6.18. The molecule has 0 spiro atoms. The third-order valence-corrected chi connectivity index (χ3v) is 5.07. The van der Waals surface area contributed by atoms with E-state index in [1.165, 1.54) is 25.7 Å². The Balaban J connectivity index is 1.71. The molecule has 3 atom stereocenters. The van der Waals surface area contributed by atoms with Crippen LogP contribution < -0.4 is 10.2 Å². The van der Waals surface area contributed by atoms with E-state index < -0.39 is 0 Å². The van der Waals surface area contributed by atoms with Crippen molar-refractivity contribution in [3.8, 4) is 0 Å². The highest BCUT2D eigenvalue weighted by atomic mass is 16.5. The summed E-state index contributed by atoms with van der Waals surface area (Å²) in [6, 6.07) is 2.02. The summed E-state index contributed by atoms with van der Waals surface area (Å²) >= 11 is 0. The molecule has 2 fully saturated rings. The maximum absolute atomic E-state index is 5.16. The maximum atomic E-state index is 5.16. The summed E-state index contributed by atoms with van der Waals surface area (Å²) in [6.45, 7) is 1.55. The molecule has 21 heavy (non-hydrogen) atoms. The smallest absolute Gasteiger partial charge is 0.158 e. The number of anilines is 2. The van der Waals surface area contributed by atoms with Crippen LogP contribution in [0.3, 0.4) is 0 Å². The molecule has 0 amide bonds. The monoisotopic (exact) mass is 290 g/mol. The van der Waals surface area contributed by atoms with Crippen LogP contribution in [-0.2, 0) is 11.3 Å². The lowest BCUT2D eigenvalue weighted by molar-refractivity contribution is 0.178. The van der Waals surface area contributed by atoms with Crippen molar-refractivity contribution < 1.29 is 4.74 Å². The van der Waals surface area contributed by atoms with E-state index in [-0.39, 0.29) is 0 Å². The molecule has 1 N–H and O–H groups in total. The minimum atomic E-state index is 0.449. The summed E-state index contributed by atoms with van der Waals surface area (Å²) in [5.41, 5.74) is 0. The quantitative estimate of drug-likeness (QED) is 0.872. The zero-order valence-corrected chi connectivity index (χ0v) is 13.3. The Morgan fingerprint density at radius 1 is 1.33 bits per heavy atom. The van der Waals surface area contributed by atoms with Gasteiger partial charge in [-0.1, -0.05) is 6.42 Å². The molecule has 0 saturated heterocycles. The summed E-state index contributed by atoms with van der Waals surface area (Å²) in [4.78, 5) is 11.3. The lowest BCUT2D eigenvalue weighted by atomic mass is 9.88. The Labute approximate surface area is 127 Å². The molecule has 0 radical (unpaired) electrons. The van der Waals surface area contributed by atoms with Crippen LogP contribution in [0.1, 0.15) is 31.5 Å². The second-order valence-corrected chi connectivity index (χ2v) is 6.53. The molecule has 1 aromatic rings. The zero-order chi connectivity index (χ0) is 14.8. The molecule has 5 nitrogen and oxygen atoms in total. The Morgan fingerprint density at radius 2 is 2.19 bits per heavy atom. The first-order chi connectivity index (χ1) is 10.2. The molecule has 1 heterocycles. The van der Waals surface area contributed by atoms with E-state index in [4.69, 9.17) is 4.74 Å². The molecule has 2 aliphatic carbocycles. The molecular weight excluding hydrogens is 264 g/mol. The number of hydrogen-bond acceptors (Lipinski definition) is 5. The summed E-state index contributed by atoms with van der Waals surface area (Å²) in [6.07, 6.45) is 5.76. The first-order valence-corrected chi connectivity index (χ1v) is 7.95. The van der Waals surface area contributed by atoms with Gasteiger partial charge < -0.3 is 15.0 Å². The standard InChI is InChI=1S/C16H26N4O/c1-17-14-8-16(19-15(18-14)10-21-3)20(2)9-13-7-11-4-5-12(13)6-11/h8,11-13H,4-7,9-10H2,1-3H3,(H,17,18,19). The fourth-order valence-corrected chi connectivity index (χ4v) is 4.05. The lowest BCUT2D eigenvalue weighted by Crippen LogP contribution is -2.29. The van der Waals surface area contributed by atoms with Gasteiger partial charge in [-0.3, -0.25) is 0 Å². The third-order valence-electron chi connectivity index (χ3n) is 5.07. The van der Waals surface area contributed by atoms with Crippen molar-refractivity contribution in [1.29, 1.82) is 0 Å². The van der Waals surface area contributed by atoms with Gasteiger partial charge in [0, 0.05) is 33.8 Å². The SMILES string of the molecule is CNc1cc(N(C)CC2CC3CCC2C3)nc(COC)n1. The second-order valence-electron chi connectivity index (χ2n) is 6.53. The molecule has 0 aromatic carbocycles. The number of nitrogens with zero attached hydrogens (tertiary/aromatic N) is 3. The maximum Gasteiger partial charge on any atom is 0.158 e. The molecule has 1 aromatic heterocycles. The van der Waals surface area contributed by atoms with Crippen molar-refractivity contribution in [2.45, 2.75) is 32.3 Å². The van der Waals surface area contributed by atoms with Gasteiger partial charge in [0.15, 0.2) is 5.82 Å². The van der Waals surface area contributed by atoms with Crippen LogP contribution in [0.5, 0.6) is 0 Å². The van der Waals surface area contributed by atoms with Gasteiger partial charge in [-0.05, 0) is 37.0 Å². The van der Waals surface area contributed by atoms with Gasteiger partial charge in [-0.25, -0.2) is 9.97 Å². The first kappa shape index (κ1) is 14.6. The van der Waals surface area contributed by atoms with E-state index >= 15 is 0 Å². The number of fused-ring (bicyclic) bond motifs is 2. The van der Waals surface area contributed by atoms with E-state index in [9.17, 15) is 0 Å². The number of nitrogens with one attached hydrogen (secondary N) is 1. The van der Waals surface area contributed by atoms with Crippen molar-refractivity contribution >= 4 is 11.6 Å². The van der Waals surface area contributed by atoms with Crippen LogP contribution in [0.2, 0.25) is 0 Å². The number of rotatable bonds is 6. The summed E-state index contributed by atoms with van der Waals surface area (Å²) in [5.74, 6) is 5.36. The summed E-state index contributed by atoms with van der Waals surface area (Å²) in [5, 5.41) is 3.11. The minimum Gasteiger partial charge on any atom is -0.377 e. The molecular formula is C16H26N4O. The zero-order valence-electron chi connectivity index (χ0n) is 13.3. The van der Waals surface area contributed by atoms with Crippen molar-refractivity contribution in [2.75, 3.05) is 38.0 Å². The average Bonchev–Trinajstić information content (AvgIpc) is 3.09. The Morgan fingerprint density at radius 3 is 2.81 bits per heavy atom. The molecule has 116 valence electrons. The number of aromatic nitrogens is 2. The molecule has 5 heteroatoms. The molecule has 3 rings (SSSR count). The van der Waals surface area contributed by atoms with Gasteiger partial charge in [0.25, 0.3) is 0 Å². The van der Waals surface area contributed by atoms with Crippen LogP contribution in [-0.4, -0.2) is 37.7 Å². The average molecular weight is 290 g/mol. The van der Waals surface area contributed by atoms with Crippen LogP contribution in [0.15, 0.2) is 6.07 Å². The highest BCUT2D eigenvalue weighted by molar-refractivity contribution is 5.48. The van der Waals surface area contributed by atoms with E-state index in [1.807, 2.05) is 13.1 Å². The number of hydrogen-bond donors (Lipinski definition) is 1. The number of ether oxygens (including phenoxy) is 1. The van der Waals surface area contributed by atoms with Crippen LogP contribution in [0, 0.1) is 17.8 Å². The van der Waals surface area contributed by atoms with E-state index in [1.54, 1.807) is 7.11 Å². The third kappa shape index (κ3) is 3.12. The predicted molar refractivity (Wildman–Crippen MR) is 84.5 cm³/mol.